The molecule has 0 saturated heterocycles. The molecule has 4 aliphatic rings. The summed E-state index contributed by atoms with van der Waals surface area (Å²) in [4.78, 5) is 24.4. The van der Waals surface area contributed by atoms with Crippen LogP contribution >= 0.6 is 0 Å². The van der Waals surface area contributed by atoms with E-state index in [1.165, 1.54) is 77.7 Å². The molecule has 4 fully saturated rings. The van der Waals surface area contributed by atoms with Gasteiger partial charge in [0.15, 0.2) is 0 Å². The third kappa shape index (κ3) is 7.00. The van der Waals surface area contributed by atoms with Gasteiger partial charge in [-0.1, -0.05) is 52.5 Å². The molecular formula is C36H60O4. The van der Waals surface area contributed by atoms with E-state index >= 15 is 0 Å². The summed E-state index contributed by atoms with van der Waals surface area (Å²) in [6.45, 7) is 11.4. The van der Waals surface area contributed by atoms with Crippen LogP contribution in [0.1, 0.15) is 143 Å². The molecule has 40 heavy (non-hydrogen) atoms. The molecule has 0 amide bonds. The van der Waals surface area contributed by atoms with Crippen LogP contribution in [-0.2, 0) is 19.1 Å². The molecule has 4 heteroatoms. The van der Waals surface area contributed by atoms with Crippen molar-refractivity contribution in [3.8, 4) is 0 Å². The lowest BCUT2D eigenvalue weighted by molar-refractivity contribution is -0.162. The molecule has 228 valence electrons. The average molecular weight is 557 g/mol. The summed E-state index contributed by atoms with van der Waals surface area (Å²) < 4.78 is 11.0. The van der Waals surface area contributed by atoms with Crippen LogP contribution in [-0.4, -0.2) is 25.2 Å². The topological polar surface area (TPSA) is 52.6 Å². The second-order valence-corrected chi connectivity index (χ2v) is 14.8. The lowest BCUT2D eigenvalue weighted by Crippen LogP contribution is -2.54. The van der Waals surface area contributed by atoms with Crippen molar-refractivity contribution in [2.24, 2.45) is 46.3 Å². The van der Waals surface area contributed by atoms with Gasteiger partial charge in [0.25, 0.3) is 0 Å². The summed E-state index contributed by atoms with van der Waals surface area (Å²) in [5.41, 5.74) is 0.839. The highest BCUT2D eigenvalue weighted by Crippen LogP contribution is 2.68. The summed E-state index contributed by atoms with van der Waals surface area (Å²) in [6, 6.07) is 0. The van der Waals surface area contributed by atoms with Crippen molar-refractivity contribution in [3.63, 3.8) is 0 Å². The highest BCUT2D eigenvalue weighted by Gasteiger charge is 2.60. The number of carbonyl (C=O) groups is 2. The quantitative estimate of drug-likeness (QED) is 0.121. The molecule has 0 unspecified atom stereocenters. The van der Waals surface area contributed by atoms with Gasteiger partial charge < -0.3 is 9.47 Å². The number of hydrogen-bond donors (Lipinski definition) is 0. The number of esters is 2. The Morgan fingerprint density at radius 2 is 1.55 bits per heavy atom. The van der Waals surface area contributed by atoms with E-state index in [0.717, 1.165) is 62.2 Å². The van der Waals surface area contributed by atoms with Gasteiger partial charge in [0.05, 0.1) is 7.11 Å². The van der Waals surface area contributed by atoms with E-state index in [1.807, 2.05) is 6.08 Å². The lowest BCUT2D eigenvalue weighted by Gasteiger charge is -2.61. The Bertz CT molecular complexity index is 852. The van der Waals surface area contributed by atoms with Gasteiger partial charge in [-0.15, -0.1) is 6.58 Å². The van der Waals surface area contributed by atoms with E-state index in [0.29, 0.717) is 35.5 Å². The Labute approximate surface area is 245 Å². The third-order valence-corrected chi connectivity index (χ3v) is 12.7. The van der Waals surface area contributed by atoms with Crippen LogP contribution in [0.15, 0.2) is 12.7 Å². The number of fused-ring (bicyclic) bond motifs is 5. The first-order chi connectivity index (χ1) is 19.2. The minimum atomic E-state index is -0.0618. The Morgan fingerprint density at radius 1 is 0.850 bits per heavy atom. The largest absolute Gasteiger partial charge is 0.469 e. The van der Waals surface area contributed by atoms with Gasteiger partial charge in [-0.3, -0.25) is 9.59 Å². The maximum atomic E-state index is 12.6. The molecule has 0 spiro atoms. The van der Waals surface area contributed by atoms with Crippen molar-refractivity contribution in [2.45, 2.75) is 149 Å². The Balaban J connectivity index is 1.24. The molecule has 0 aromatic rings. The van der Waals surface area contributed by atoms with E-state index in [1.54, 1.807) is 0 Å². The summed E-state index contributed by atoms with van der Waals surface area (Å²) >= 11 is 0. The minimum absolute atomic E-state index is 0.0423. The fraction of sp³-hybridized carbons (Fsp3) is 0.889. The van der Waals surface area contributed by atoms with Crippen LogP contribution in [0, 0.1) is 46.3 Å². The summed E-state index contributed by atoms with van der Waals surface area (Å²) in [6.07, 6.45) is 24.0. The van der Waals surface area contributed by atoms with Crippen LogP contribution in [0.25, 0.3) is 0 Å². The molecule has 4 rings (SSSR count). The van der Waals surface area contributed by atoms with Crippen molar-refractivity contribution in [2.75, 3.05) is 7.11 Å². The zero-order valence-electron chi connectivity index (χ0n) is 26.4. The molecule has 0 aromatic carbocycles. The van der Waals surface area contributed by atoms with E-state index in [4.69, 9.17) is 9.47 Å². The second-order valence-electron chi connectivity index (χ2n) is 14.8. The Morgan fingerprint density at radius 3 is 2.30 bits per heavy atom. The van der Waals surface area contributed by atoms with E-state index in [-0.39, 0.29) is 18.0 Å². The van der Waals surface area contributed by atoms with E-state index in [2.05, 4.69) is 27.4 Å². The third-order valence-electron chi connectivity index (χ3n) is 12.7. The molecule has 4 aliphatic carbocycles. The molecule has 9 atom stereocenters. The first-order valence-corrected chi connectivity index (χ1v) is 17.1. The molecule has 0 aromatic heterocycles. The lowest BCUT2D eigenvalue weighted by atomic mass is 9.44. The number of allylic oxidation sites excluding steroid dienone is 1. The number of methoxy groups -OCH3 is 1. The van der Waals surface area contributed by atoms with Gasteiger partial charge in [-0.25, -0.2) is 0 Å². The maximum absolute atomic E-state index is 12.6. The molecule has 0 heterocycles. The number of rotatable bonds is 14. The molecule has 0 radical (unpaired) electrons. The SMILES string of the molecule is C=CCCCCCCCCC(=O)O[C@@H]1CC[C@@]2(C)[C@@H](CC[C@@H]3[C@@H]2CC[C@]2(C)[C@@H]([C@H](C)CCC(=O)OC)CC[C@@H]32)C1. The number of hydrogen-bond acceptors (Lipinski definition) is 4. The van der Waals surface area contributed by atoms with Gasteiger partial charge in [-0.05, 0) is 130 Å². The van der Waals surface area contributed by atoms with E-state index < -0.39 is 0 Å². The second kappa shape index (κ2) is 14.2. The predicted molar refractivity (Wildman–Crippen MR) is 163 cm³/mol. The fourth-order valence-corrected chi connectivity index (χ4v) is 10.5. The summed E-state index contributed by atoms with van der Waals surface area (Å²) in [5.74, 6) is 4.54. The van der Waals surface area contributed by atoms with Crippen LogP contribution in [0.4, 0.5) is 0 Å². The van der Waals surface area contributed by atoms with E-state index in [9.17, 15) is 9.59 Å². The minimum Gasteiger partial charge on any atom is -0.469 e. The van der Waals surface area contributed by atoms with Gasteiger partial charge in [0.1, 0.15) is 6.10 Å². The van der Waals surface area contributed by atoms with Crippen molar-refractivity contribution < 1.29 is 19.1 Å². The van der Waals surface area contributed by atoms with Gasteiger partial charge in [0, 0.05) is 12.8 Å². The van der Waals surface area contributed by atoms with Crippen molar-refractivity contribution in [3.05, 3.63) is 12.7 Å². The normalized spacial score (nSPS) is 37.5. The van der Waals surface area contributed by atoms with Gasteiger partial charge in [-0.2, -0.15) is 0 Å². The number of ether oxygens (including phenoxy) is 2. The smallest absolute Gasteiger partial charge is 0.306 e. The zero-order valence-corrected chi connectivity index (χ0v) is 26.4. The predicted octanol–water partition coefficient (Wildman–Crippen LogP) is 9.45. The van der Waals surface area contributed by atoms with Gasteiger partial charge >= 0.3 is 11.9 Å². The molecule has 4 nitrogen and oxygen atoms in total. The average Bonchev–Trinajstić information content (AvgIpc) is 3.30. The maximum Gasteiger partial charge on any atom is 0.306 e. The monoisotopic (exact) mass is 556 g/mol. The highest BCUT2D eigenvalue weighted by molar-refractivity contribution is 5.69. The summed E-state index contributed by atoms with van der Waals surface area (Å²) in [7, 11) is 1.51. The van der Waals surface area contributed by atoms with Crippen molar-refractivity contribution in [1.29, 1.82) is 0 Å². The standard InChI is InChI=1S/C36H60O4/c1-6-7-8-9-10-11-12-13-14-34(38)40-28-21-23-35(3)27(25-28)16-17-29-31-19-18-30(26(2)15-20-33(37)39-5)36(31,4)24-22-32(29)35/h6,26-32H,1,7-25H2,2-5H3/t26-,27+,28-,29+,30-,31+,32+,35+,36-/m1/s1. The van der Waals surface area contributed by atoms with Crippen LogP contribution in [0.2, 0.25) is 0 Å². The van der Waals surface area contributed by atoms with Crippen molar-refractivity contribution in [1.82, 2.24) is 0 Å². The van der Waals surface area contributed by atoms with Crippen LogP contribution < -0.4 is 0 Å². The van der Waals surface area contributed by atoms with Crippen LogP contribution in [0.3, 0.4) is 0 Å². The zero-order chi connectivity index (χ0) is 28.8. The molecular weight excluding hydrogens is 496 g/mol. The molecule has 0 N–H and O–H groups in total. The van der Waals surface area contributed by atoms with Crippen molar-refractivity contribution >= 4 is 11.9 Å². The first kappa shape index (κ1) is 31.6. The molecule has 0 bridgehead atoms. The van der Waals surface area contributed by atoms with Gasteiger partial charge in [0.2, 0.25) is 0 Å². The number of carbonyl (C=O) groups excluding carboxylic acids is 2. The Kier molecular flexibility index (Phi) is 11.2. The Hall–Kier alpha value is -1.32. The number of unbranched alkanes of at least 4 members (excludes halogenated alkanes) is 6. The molecule has 4 saturated carbocycles. The first-order valence-electron chi connectivity index (χ1n) is 17.1. The summed E-state index contributed by atoms with van der Waals surface area (Å²) in [5, 5.41) is 0. The highest BCUT2D eigenvalue weighted by atomic mass is 16.5. The van der Waals surface area contributed by atoms with Crippen LogP contribution in [0.5, 0.6) is 0 Å². The molecule has 0 aliphatic heterocycles. The fourth-order valence-electron chi connectivity index (χ4n) is 10.5.